The number of alkyl halides is 1. The maximum absolute atomic E-state index is 12.4. The average Bonchev–Trinajstić information content (AvgIpc) is 2.32. The summed E-state index contributed by atoms with van der Waals surface area (Å²) >= 11 is 0. The molecule has 0 radical (unpaired) electrons. The van der Waals surface area contributed by atoms with Gasteiger partial charge in [0.1, 0.15) is 0 Å². The Bertz CT molecular complexity index is 119. The zero-order valence-electron chi connectivity index (χ0n) is 11.4. The maximum atomic E-state index is 12.4. The number of halogens is 1. The van der Waals surface area contributed by atoms with Gasteiger partial charge in [-0.3, -0.25) is 4.39 Å². The largest absolute Gasteiger partial charge is 0.251 e. The number of rotatable bonds is 12. The molecule has 0 saturated heterocycles. The highest BCUT2D eigenvalue weighted by Crippen LogP contribution is 2.15. The van der Waals surface area contributed by atoms with Gasteiger partial charge >= 0.3 is 0 Å². The lowest BCUT2D eigenvalue weighted by Crippen LogP contribution is -2.00. The van der Waals surface area contributed by atoms with Crippen LogP contribution in [0.5, 0.6) is 0 Å². The lowest BCUT2D eigenvalue weighted by Gasteiger charge is -2.09. The van der Waals surface area contributed by atoms with Crippen LogP contribution in [0.4, 0.5) is 4.39 Å². The minimum absolute atomic E-state index is 0.118. The Balaban J connectivity index is 3.03. The SMILES string of the molecule is CCCCCCCCCCCC(CC)CF. The first-order valence-corrected chi connectivity index (χ1v) is 7.41. The van der Waals surface area contributed by atoms with Gasteiger partial charge < -0.3 is 0 Å². The van der Waals surface area contributed by atoms with Gasteiger partial charge in [-0.25, -0.2) is 0 Å². The molecule has 1 heteroatoms. The molecule has 0 aromatic carbocycles. The van der Waals surface area contributed by atoms with Gasteiger partial charge in [0.15, 0.2) is 0 Å². The van der Waals surface area contributed by atoms with Crippen molar-refractivity contribution in [2.75, 3.05) is 6.67 Å². The molecule has 0 heterocycles. The molecule has 0 bridgehead atoms. The van der Waals surface area contributed by atoms with Crippen molar-refractivity contribution in [1.82, 2.24) is 0 Å². The van der Waals surface area contributed by atoms with Crippen molar-refractivity contribution in [3.63, 3.8) is 0 Å². The third kappa shape index (κ3) is 10.4. The third-order valence-corrected chi connectivity index (χ3v) is 3.51. The quantitative estimate of drug-likeness (QED) is 0.366. The summed E-state index contributed by atoms with van der Waals surface area (Å²) in [5.41, 5.74) is 0. The van der Waals surface area contributed by atoms with E-state index in [0.29, 0.717) is 5.92 Å². The average molecular weight is 230 g/mol. The van der Waals surface area contributed by atoms with Crippen molar-refractivity contribution in [1.29, 1.82) is 0 Å². The van der Waals surface area contributed by atoms with Crippen LogP contribution >= 0.6 is 0 Å². The van der Waals surface area contributed by atoms with E-state index in [1.165, 1.54) is 57.8 Å². The summed E-state index contributed by atoms with van der Waals surface area (Å²) in [7, 11) is 0. The molecule has 0 fully saturated rings. The zero-order valence-corrected chi connectivity index (χ0v) is 11.4. The van der Waals surface area contributed by atoms with Gasteiger partial charge in [-0.15, -0.1) is 0 Å². The second-order valence-corrected chi connectivity index (χ2v) is 5.05. The first kappa shape index (κ1) is 15.9. The van der Waals surface area contributed by atoms with Crippen molar-refractivity contribution in [2.45, 2.75) is 84.5 Å². The Kier molecular flexibility index (Phi) is 12.9. The van der Waals surface area contributed by atoms with E-state index in [4.69, 9.17) is 0 Å². The first-order chi connectivity index (χ1) is 7.85. The van der Waals surface area contributed by atoms with Crippen molar-refractivity contribution in [3.8, 4) is 0 Å². The van der Waals surface area contributed by atoms with Crippen LogP contribution in [-0.2, 0) is 0 Å². The molecular formula is C15H31F. The van der Waals surface area contributed by atoms with Gasteiger partial charge in [0.05, 0.1) is 6.67 Å². The fourth-order valence-corrected chi connectivity index (χ4v) is 2.13. The molecule has 16 heavy (non-hydrogen) atoms. The van der Waals surface area contributed by atoms with Gasteiger partial charge in [0.25, 0.3) is 0 Å². The Labute approximate surface area is 102 Å². The van der Waals surface area contributed by atoms with Gasteiger partial charge in [0, 0.05) is 0 Å². The molecule has 0 aliphatic carbocycles. The van der Waals surface area contributed by atoms with Crippen molar-refractivity contribution in [3.05, 3.63) is 0 Å². The first-order valence-electron chi connectivity index (χ1n) is 7.41. The summed E-state index contributed by atoms with van der Waals surface area (Å²) in [5, 5.41) is 0. The molecule has 0 aromatic heterocycles. The van der Waals surface area contributed by atoms with E-state index in [-0.39, 0.29) is 6.67 Å². The van der Waals surface area contributed by atoms with Gasteiger partial charge in [0.2, 0.25) is 0 Å². The Morgan fingerprint density at radius 3 is 1.69 bits per heavy atom. The monoisotopic (exact) mass is 230 g/mol. The van der Waals surface area contributed by atoms with Gasteiger partial charge in [-0.1, -0.05) is 78.1 Å². The third-order valence-electron chi connectivity index (χ3n) is 3.51. The molecule has 0 rings (SSSR count). The van der Waals surface area contributed by atoms with Crippen molar-refractivity contribution >= 4 is 0 Å². The molecule has 0 aliphatic rings. The van der Waals surface area contributed by atoms with Gasteiger partial charge in [-0.05, 0) is 12.3 Å². The second kappa shape index (κ2) is 13.0. The van der Waals surface area contributed by atoms with Crippen LogP contribution in [0.3, 0.4) is 0 Å². The van der Waals surface area contributed by atoms with Crippen molar-refractivity contribution < 1.29 is 4.39 Å². The Morgan fingerprint density at radius 1 is 0.750 bits per heavy atom. The summed E-state index contributed by atoms with van der Waals surface area (Å²) in [6.07, 6.45) is 14.4. The normalized spacial score (nSPS) is 12.9. The molecule has 1 atom stereocenters. The Hall–Kier alpha value is -0.0700. The fraction of sp³-hybridized carbons (Fsp3) is 1.00. The lowest BCUT2D eigenvalue weighted by molar-refractivity contribution is 0.326. The predicted octanol–water partition coefficient (Wildman–Crippen LogP) is 5.90. The molecule has 0 aliphatic heterocycles. The number of unbranched alkanes of at least 4 members (excludes halogenated alkanes) is 8. The predicted molar refractivity (Wildman–Crippen MR) is 71.6 cm³/mol. The van der Waals surface area contributed by atoms with E-state index >= 15 is 0 Å². The van der Waals surface area contributed by atoms with Crippen LogP contribution in [0.25, 0.3) is 0 Å². The molecule has 0 N–H and O–H groups in total. The zero-order chi connectivity index (χ0) is 12.1. The van der Waals surface area contributed by atoms with Crippen LogP contribution in [0.2, 0.25) is 0 Å². The van der Waals surface area contributed by atoms with Crippen LogP contribution < -0.4 is 0 Å². The van der Waals surface area contributed by atoms with Crippen LogP contribution in [0, 0.1) is 5.92 Å². The highest BCUT2D eigenvalue weighted by Gasteiger charge is 2.04. The minimum atomic E-state index is -0.118. The second-order valence-electron chi connectivity index (χ2n) is 5.05. The smallest absolute Gasteiger partial charge is 0.0922 e. The van der Waals surface area contributed by atoms with E-state index < -0.39 is 0 Å². The van der Waals surface area contributed by atoms with E-state index in [0.717, 1.165) is 12.8 Å². The molecular weight excluding hydrogens is 199 g/mol. The van der Waals surface area contributed by atoms with Crippen LogP contribution in [0.1, 0.15) is 84.5 Å². The lowest BCUT2D eigenvalue weighted by atomic mass is 9.99. The summed E-state index contributed by atoms with van der Waals surface area (Å²) in [6.45, 7) is 4.24. The molecule has 1 unspecified atom stereocenters. The van der Waals surface area contributed by atoms with E-state index in [1.54, 1.807) is 0 Å². The summed E-state index contributed by atoms with van der Waals surface area (Å²) in [6, 6.07) is 0. The number of hydrogen-bond acceptors (Lipinski definition) is 0. The summed E-state index contributed by atoms with van der Waals surface area (Å²) < 4.78 is 12.4. The minimum Gasteiger partial charge on any atom is -0.251 e. The number of hydrogen-bond donors (Lipinski definition) is 0. The standard InChI is InChI=1S/C15H31F/c1-3-5-6-7-8-9-10-11-12-13-15(4-2)14-16/h15H,3-14H2,1-2H3. The van der Waals surface area contributed by atoms with Crippen LogP contribution in [-0.4, -0.2) is 6.67 Å². The highest BCUT2D eigenvalue weighted by atomic mass is 19.1. The highest BCUT2D eigenvalue weighted by molar-refractivity contribution is 4.56. The van der Waals surface area contributed by atoms with E-state index in [2.05, 4.69) is 13.8 Å². The maximum Gasteiger partial charge on any atom is 0.0922 e. The summed E-state index contributed by atoms with van der Waals surface area (Å²) in [5.74, 6) is 0.338. The van der Waals surface area contributed by atoms with Crippen LogP contribution in [0.15, 0.2) is 0 Å². The summed E-state index contributed by atoms with van der Waals surface area (Å²) in [4.78, 5) is 0. The molecule has 0 saturated carbocycles. The van der Waals surface area contributed by atoms with Crippen molar-refractivity contribution in [2.24, 2.45) is 5.92 Å². The topological polar surface area (TPSA) is 0 Å². The molecule has 0 spiro atoms. The van der Waals surface area contributed by atoms with Gasteiger partial charge in [-0.2, -0.15) is 0 Å². The Morgan fingerprint density at radius 2 is 1.25 bits per heavy atom. The van der Waals surface area contributed by atoms with E-state index in [9.17, 15) is 4.39 Å². The van der Waals surface area contributed by atoms with E-state index in [1.807, 2.05) is 0 Å². The molecule has 98 valence electrons. The molecule has 0 aromatic rings. The molecule has 0 amide bonds. The fourth-order valence-electron chi connectivity index (χ4n) is 2.13. The molecule has 0 nitrogen and oxygen atoms in total.